The lowest BCUT2D eigenvalue weighted by atomic mass is 10.2. The van der Waals surface area contributed by atoms with Crippen molar-refractivity contribution in [3.8, 4) is 0 Å². The van der Waals surface area contributed by atoms with Crippen molar-refractivity contribution in [2.45, 2.75) is 6.54 Å². The van der Waals surface area contributed by atoms with Gasteiger partial charge >= 0.3 is 10.2 Å². The number of carbonyl (C=O) groups is 1. The Bertz CT molecular complexity index is 871. The van der Waals surface area contributed by atoms with Crippen LogP contribution in [0.4, 0.5) is 14.5 Å². The van der Waals surface area contributed by atoms with Crippen LogP contribution in [0.2, 0.25) is 0 Å². The van der Waals surface area contributed by atoms with Gasteiger partial charge in [-0.05, 0) is 29.8 Å². The van der Waals surface area contributed by atoms with Gasteiger partial charge in [0.1, 0.15) is 18.2 Å². The maximum absolute atomic E-state index is 14.1. The van der Waals surface area contributed by atoms with Crippen molar-refractivity contribution >= 4 is 21.8 Å². The number of carbonyl (C=O) groups excluding carboxylic acids is 1. The zero-order chi connectivity index (χ0) is 19.3. The van der Waals surface area contributed by atoms with Crippen LogP contribution < -0.4 is 9.62 Å². The minimum Gasteiger partial charge on any atom is -0.350 e. The molecule has 1 amide bonds. The summed E-state index contributed by atoms with van der Waals surface area (Å²) >= 11 is 0. The van der Waals surface area contributed by atoms with Gasteiger partial charge in [0.25, 0.3) is 0 Å². The van der Waals surface area contributed by atoms with E-state index in [1.54, 1.807) is 0 Å². The molecule has 0 radical (unpaired) electrons. The minimum atomic E-state index is -4.08. The maximum Gasteiger partial charge on any atom is 0.304 e. The Morgan fingerprint density at radius 2 is 1.65 bits per heavy atom. The van der Waals surface area contributed by atoms with Crippen LogP contribution in [0, 0.1) is 11.6 Å². The lowest BCUT2D eigenvalue weighted by Crippen LogP contribution is -2.46. The summed E-state index contributed by atoms with van der Waals surface area (Å²) in [5.41, 5.74) is 0.422. The Labute approximate surface area is 151 Å². The second-order valence-electron chi connectivity index (χ2n) is 5.65. The van der Waals surface area contributed by atoms with Crippen molar-refractivity contribution in [2.24, 2.45) is 0 Å². The third kappa shape index (κ3) is 4.77. The lowest BCUT2D eigenvalue weighted by molar-refractivity contribution is -0.119. The molecular weight excluding hydrogens is 364 g/mol. The average molecular weight is 383 g/mol. The molecule has 0 aliphatic rings. The third-order valence-corrected chi connectivity index (χ3v) is 5.36. The van der Waals surface area contributed by atoms with Gasteiger partial charge in [-0.1, -0.05) is 24.3 Å². The highest BCUT2D eigenvalue weighted by Crippen LogP contribution is 2.22. The van der Waals surface area contributed by atoms with Gasteiger partial charge in [0.05, 0.1) is 5.69 Å². The summed E-state index contributed by atoms with van der Waals surface area (Å²) in [6, 6.07) is 10.8. The fraction of sp³-hybridized carbons (Fsp3) is 0.235. The number of para-hydroxylation sites is 1. The summed E-state index contributed by atoms with van der Waals surface area (Å²) in [4.78, 5) is 12.2. The summed E-state index contributed by atoms with van der Waals surface area (Å²) < 4.78 is 53.5. The Hall–Kier alpha value is -2.52. The van der Waals surface area contributed by atoms with E-state index in [4.69, 9.17) is 0 Å². The standard InChI is InChI=1S/C17H19F2N3O3S/c1-21(2)26(24,25)22(16-6-4-3-5-15(16)19)12-17(23)20-11-13-7-9-14(18)10-8-13/h3-10H,11-12H2,1-2H3,(H,20,23). The number of halogens is 2. The van der Waals surface area contributed by atoms with E-state index in [-0.39, 0.29) is 12.2 Å². The molecule has 26 heavy (non-hydrogen) atoms. The van der Waals surface area contributed by atoms with E-state index in [1.165, 1.54) is 56.6 Å². The Kier molecular flexibility index (Phi) is 6.27. The molecular formula is C17H19F2N3O3S. The number of anilines is 1. The molecule has 0 aliphatic carbocycles. The first-order valence-electron chi connectivity index (χ1n) is 7.67. The van der Waals surface area contributed by atoms with Crippen molar-refractivity contribution in [2.75, 3.05) is 24.9 Å². The first kappa shape index (κ1) is 19.8. The van der Waals surface area contributed by atoms with Gasteiger partial charge in [0, 0.05) is 20.6 Å². The first-order chi connectivity index (χ1) is 12.2. The van der Waals surface area contributed by atoms with Crippen LogP contribution in [0.15, 0.2) is 48.5 Å². The first-order valence-corrected chi connectivity index (χ1v) is 9.07. The SMILES string of the molecule is CN(C)S(=O)(=O)N(CC(=O)NCc1ccc(F)cc1)c1ccccc1F. The summed E-state index contributed by atoms with van der Waals surface area (Å²) in [6.45, 7) is -0.505. The van der Waals surface area contributed by atoms with E-state index >= 15 is 0 Å². The summed E-state index contributed by atoms with van der Waals surface area (Å²) in [6.07, 6.45) is 0. The fourth-order valence-corrected chi connectivity index (χ4v) is 3.20. The highest BCUT2D eigenvalue weighted by atomic mass is 32.2. The van der Waals surface area contributed by atoms with E-state index in [2.05, 4.69) is 5.32 Å². The second-order valence-corrected chi connectivity index (χ2v) is 7.72. The monoisotopic (exact) mass is 383 g/mol. The van der Waals surface area contributed by atoms with Gasteiger partial charge < -0.3 is 5.32 Å². The molecule has 6 nitrogen and oxygen atoms in total. The van der Waals surface area contributed by atoms with Crippen LogP contribution in [0.3, 0.4) is 0 Å². The molecule has 0 aromatic heterocycles. The molecule has 0 heterocycles. The van der Waals surface area contributed by atoms with Gasteiger partial charge in [-0.15, -0.1) is 0 Å². The molecule has 0 fully saturated rings. The number of benzene rings is 2. The molecule has 9 heteroatoms. The molecule has 0 spiro atoms. The lowest BCUT2D eigenvalue weighted by Gasteiger charge is -2.27. The van der Waals surface area contributed by atoms with Gasteiger partial charge in [-0.3, -0.25) is 4.79 Å². The predicted octanol–water partition coefficient (Wildman–Crippen LogP) is 1.89. The number of hydrogen-bond donors (Lipinski definition) is 1. The van der Waals surface area contributed by atoms with Gasteiger partial charge in [0.15, 0.2) is 0 Å². The summed E-state index contributed by atoms with van der Waals surface area (Å²) in [5.74, 6) is -1.78. The zero-order valence-electron chi connectivity index (χ0n) is 14.3. The minimum absolute atomic E-state index is 0.0895. The van der Waals surface area contributed by atoms with E-state index in [0.717, 1.165) is 10.4 Å². The molecule has 0 saturated carbocycles. The fourth-order valence-electron chi connectivity index (χ4n) is 2.13. The normalized spacial score (nSPS) is 11.4. The van der Waals surface area contributed by atoms with Crippen LogP contribution in [-0.2, 0) is 21.5 Å². The van der Waals surface area contributed by atoms with Crippen LogP contribution in [-0.4, -0.2) is 39.3 Å². The zero-order valence-corrected chi connectivity index (χ0v) is 15.1. The average Bonchev–Trinajstić information content (AvgIpc) is 2.59. The number of nitrogens with one attached hydrogen (secondary N) is 1. The van der Waals surface area contributed by atoms with Gasteiger partial charge in [0.2, 0.25) is 5.91 Å². The molecule has 0 unspecified atom stereocenters. The second kappa shape index (κ2) is 8.24. The van der Waals surface area contributed by atoms with E-state index in [1.807, 2.05) is 0 Å². The van der Waals surface area contributed by atoms with Gasteiger partial charge in [-0.2, -0.15) is 12.7 Å². The molecule has 0 aliphatic heterocycles. The van der Waals surface area contributed by atoms with Crippen molar-refractivity contribution in [1.29, 1.82) is 0 Å². The van der Waals surface area contributed by atoms with Crippen molar-refractivity contribution in [1.82, 2.24) is 9.62 Å². The molecule has 0 bridgehead atoms. The Balaban J connectivity index is 2.17. The molecule has 2 aromatic rings. The summed E-state index contributed by atoms with van der Waals surface area (Å²) in [5, 5.41) is 2.54. The number of amides is 1. The number of nitrogens with zero attached hydrogens (tertiary/aromatic N) is 2. The number of rotatable bonds is 7. The van der Waals surface area contributed by atoms with E-state index in [0.29, 0.717) is 9.87 Å². The molecule has 2 rings (SSSR count). The van der Waals surface area contributed by atoms with Crippen molar-refractivity contribution in [3.63, 3.8) is 0 Å². The quantitative estimate of drug-likeness (QED) is 0.794. The molecule has 2 aromatic carbocycles. The van der Waals surface area contributed by atoms with Crippen LogP contribution in [0.1, 0.15) is 5.56 Å². The topological polar surface area (TPSA) is 69.7 Å². The molecule has 0 saturated heterocycles. The van der Waals surface area contributed by atoms with Crippen molar-refractivity contribution < 1.29 is 22.0 Å². The molecule has 1 N–H and O–H groups in total. The number of hydrogen-bond acceptors (Lipinski definition) is 3. The maximum atomic E-state index is 14.1. The smallest absolute Gasteiger partial charge is 0.304 e. The Morgan fingerprint density at radius 1 is 1.04 bits per heavy atom. The highest BCUT2D eigenvalue weighted by molar-refractivity contribution is 7.90. The van der Waals surface area contributed by atoms with E-state index in [9.17, 15) is 22.0 Å². The van der Waals surface area contributed by atoms with Gasteiger partial charge in [-0.25, -0.2) is 13.1 Å². The predicted molar refractivity (Wildman–Crippen MR) is 94.6 cm³/mol. The van der Waals surface area contributed by atoms with Crippen LogP contribution in [0.25, 0.3) is 0 Å². The summed E-state index contributed by atoms with van der Waals surface area (Å²) in [7, 11) is -1.50. The van der Waals surface area contributed by atoms with Crippen molar-refractivity contribution in [3.05, 3.63) is 65.7 Å². The van der Waals surface area contributed by atoms with E-state index < -0.39 is 34.3 Å². The Morgan fingerprint density at radius 3 is 2.23 bits per heavy atom. The van der Waals surface area contributed by atoms with Crippen LogP contribution >= 0.6 is 0 Å². The molecule has 140 valence electrons. The third-order valence-electron chi connectivity index (χ3n) is 3.55. The van der Waals surface area contributed by atoms with Crippen LogP contribution in [0.5, 0.6) is 0 Å². The largest absolute Gasteiger partial charge is 0.350 e. The molecule has 0 atom stereocenters. The highest BCUT2D eigenvalue weighted by Gasteiger charge is 2.29.